The van der Waals surface area contributed by atoms with Gasteiger partial charge >= 0.3 is 0 Å². The summed E-state index contributed by atoms with van der Waals surface area (Å²) in [5.74, 6) is 1.29. The van der Waals surface area contributed by atoms with Gasteiger partial charge in [0.15, 0.2) is 5.96 Å². The highest BCUT2D eigenvalue weighted by Crippen LogP contribution is 2.08. The monoisotopic (exact) mass is 378 g/mol. The van der Waals surface area contributed by atoms with Crippen molar-refractivity contribution in [3.63, 3.8) is 0 Å². The Kier molecular flexibility index (Phi) is 6.85. The lowest BCUT2D eigenvalue weighted by molar-refractivity contribution is 0.0674. The summed E-state index contributed by atoms with van der Waals surface area (Å²) >= 11 is 0. The van der Waals surface area contributed by atoms with E-state index in [1.54, 1.807) is 13.3 Å². The number of pyridine rings is 1. The summed E-state index contributed by atoms with van der Waals surface area (Å²) in [4.78, 5) is 10.6. The van der Waals surface area contributed by atoms with Crippen molar-refractivity contribution in [3.8, 4) is 5.75 Å². The fourth-order valence-corrected chi connectivity index (χ4v) is 1.68. The van der Waals surface area contributed by atoms with E-state index in [0.29, 0.717) is 25.7 Å². The maximum atomic E-state index is 5.92. The van der Waals surface area contributed by atoms with Crippen LogP contribution in [0, 0.1) is 0 Å². The van der Waals surface area contributed by atoms with E-state index < -0.39 is 0 Å². The molecule has 1 aliphatic rings. The molecule has 0 saturated carbocycles. The van der Waals surface area contributed by atoms with Gasteiger partial charge in [0.2, 0.25) is 0 Å². The van der Waals surface area contributed by atoms with Crippen LogP contribution in [0.2, 0.25) is 0 Å². The molecule has 19 heavy (non-hydrogen) atoms. The summed E-state index contributed by atoms with van der Waals surface area (Å²) in [6, 6.07) is 3.75. The molecular weight excluding hydrogens is 359 g/mol. The Labute approximate surface area is 130 Å². The Morgan fingerprint density at radius 2 is 2.21 bits per heavy atom. The third-order valence-corrected chi connectivity index (χ3v) is 2.77. The topological polar surface area (TPSA) is 73.0 Å². The average Bonchev–Trinajstić information content (AvgIpc) is 2.46. The van der Waals surface area contributed by atoms with Crippen LogP contribution in [0.15, 0.2) is 23.3 Å². The molecule has 2 rings (SSSR count). The summed E-state index contributed by atoms with van der Waals surface area (Å²) in [5.41, 5.74) is 6.79. The van der Waals surface area contributed by atoms with E-state index >= 15 is 0 Å². The first-order valence-corrected chi connectivity index (χ1v) is 5.91. The minimum Gasteiger partial charge on any atom is -0.495 e. The Balaban J connectivity index is 0.00000180. The average molecular weight is 378 g/mol. The zero-order valence-electron chi connectivity index (χ0n) is 10.9. The van der Waals surface area contributed by atoms with Gasteiger partial charge in [-0.15, -0.1) is 24.0 Å². The van der Waals surface area contributed by atoms with E-state index in [0.717, 1.165) is 24.5 Å². The first-order chi connectivity index (χ1) is 8.79. The molecule has 6 nitrogen and oxygen atoms in total. The maximum Gasteiger partial charge on any atom is 0.191 e. The normalized spacial score (nSPS) is 15.8. The van der Waals surface area contributed by atoms with Crippen LogP contribution in [0.3, 0.4) is 0 Å². The molecule has 0 aromatic carbocycles. The standard InChI is InChI=1S/C12H18N4O2.HI/c1-17-11-3-2-10(14-9-11)8-15-12(13)16-4-6-18-7-5-16;/h2-3,9H,4-8H2,1H3,(H2,13,15);1H. The number of ether oxygens (including phenoxy) is 2. The van der Waals surface area contributed by atoms with E-state index in [2.05, 4.69) is 9.98 Å². The van der Waals surface area contributed by atoms with Crippen molar-refractivity contribution in [1.29, 1.82) is 0 Å². The predicted molar refractivity (Wildman–Crippen MR) is 83.9 cm³/mol. The first kappa shape index (κ1) is 16.0. The zero-order chi connectivity index (χ0) is 12.8. The number of hydrogen-bond donors (Lipinski definition) is 1. The molecule has 106 valence electrons. The van der Waals surface area contributed by atoms with Gasteiger partial charge in [-0.05, 0) is 12.1 Å². The summed E-state index contributed by atoms with van der Waals surface area (Å²) < 4.78 is 10.3. The predicted octanol–water partition coefficient (Wildman–Crippen LogP) is 0.855. The van der Waals surface area contributed by atoms with Gasteiger partial charge in [0.25, 0.3) is 0 Å². The molecule has 0 unspecified atom stereocenters. The second-order valence-corrected chi connectivity index (χ2v) is 3.96. The van der Waals surface area contributed by atoms with Crippen molar-refractivity contribution in [2.24, 2.45) is 10.7 Å². The first-order valence-electron chi connectivity index (χ1n) is 5.91. The quantitative estimate of drug-likeness (QED) is 0.480. The number of aromatic nitrogens is 1. The molecule has 1 aromatic heterocycles. The number of halogens is 1. The smallest absolute Gasteiger partial charge is 0.191 e. The number of hydrogen-bond acceptors (Lipinski definition) is 4. The molecule has 7 heteroatoms. The van der Waals surface area contributed by atoms with E-state index in [4.69, 9.17) is 15.2 Å². The highest BCUT2D eigenvalue weighted by atomic mass is 127. The second kappa shape index (κ2) is 8.16. The number of methoxy groups -OCH3 is 1. The zero-order valence-corrected chi connectivity index (χ0v) is 13.2. The molecule has 0 spiro atoms. The van der Waals surface area contributed by atoms with Crippen LogP contribution in [0.4, 0.5) is 0 Å². The number of nitrogens with zero attached hydrogens (tertiary/aromatic N) is 3. The molecular formula is C12H19IN4O2. The van der Waals surface area contributed by atoms with Crippen LogP contribution in [-0.4, -0.2) is 49.3 Å². The molecule has 1 fully saturated rings. The van der Waals surface area contributed by atoms with Gasteiger partial charge in [-0.1, -0.05) is 0 Å². The summed E-state index contributed by atoms with van der Waals surface area (Å²) in [7, 11) is 1.62. The van der Waals surface area contributed by atoms with E-state index in [1.807, 2.05) is 17.0 Å². The Morgan fingerprint density at radius 1 is 1.47 bits per heavy atom. The molecule has 0 atom stereocenters. The Hall–Kier alpha value is -1.09. The highest BCUT2D eigenvalue weighted by molar-refractivity contribution is 14.0. The van der Waals surface area contributed by atoms with E-state index in [9.17, 15) is 0 Å². The third-order valence-electron chi connectivity index (χ3n) is 2.77. The van der Waals surface area contributed by atoms with Crippen LogP contribution in [0.1, 0.15) is 5.69 Å². The summed E-state index contributed by atoms with van der Waals surface area (Å²) in [6.07, 6.45) is 1.68. The molecule has 2 heterocycles. The number of guanidine groups is 1. The summed E-state index contributed by atoms with van der Waals surface area (Å²) in [6.45, 7) is 3.48. The number of rotatable bonds is 3. The SMILES string of the molecule is COc1ccc(CN=C(N)N2CCOCC2)nc1.I. The number of aliphatic imine (C=N–C) groups is 1. The van der Waals surface area contributed by atoms with Crippen LogP contribution >= 0.6 is 24.0 Å². The van der Waals surface area contributed by atoms with Gasteiger partial charge in [0.1, 0.15) is 5.75 Å². The largest absolute Gasteiger partial charge is 0.495 e. The maximum absolute atomic E-state index is 5.92. The second-order valence-electron chi connectivity index (χ2n) is 3.96. The van der Waals surface area contributed by atoms with Crippen molar-refractivity contribution < 1.29 is 9.47 Å². The van der Waals surface area contributed by atoms with Gasteiger partial charge in [-0.25, -0.2) is 4.99 Å². The van der Waals surface area contributed by atoms with Crippen LogP contribution in [-0.2, 0) is 11.3 Å². The third kappa shape index (κ3) is 4.83. The van der Waals surface area contributed by atoms with Crippen molar-refractivity contribution in [2.45, 2.75) is 6.54 Å². The summed E-state index contributed by atoms with van der Waals surface area (Å²) in [5, 5.41) is 0. The van der Waals surface area contributed by atoms with Crippen molar-refractivity contribution >= 4 is 29.9 Å². The molecule has 0 amide bonds. The molecule has 1 aromatic rings. The molecule has 1 saturated heterocycles. The molecule has 0 radical (unpaired) electrons. The van der Waals surface area contributed by atoms with E-state index in [-0.39, 0.29) is 24.0 Å². The van der Waals surface area contributed by atoms with Crippen LogP contribution < -0.4 is 10.5 Å². The van der Waals surface area contributed by atoms with E-state index in [1.165, 1.54) is 0 Å². The van der Waals surface area contributed by atoms with Gasteiger partial charge < -0.3 is 20.1 Å². The lowest BCUT2D eigenvalue weighted by Crippen LogP contribution is -2.44. The van der Waals surface area contributed by atoms with Gasteiger partial charge in [-0.2, -0.15) is 0 Å². The highest BCUT2D eigenvalue weighted by Gasteiger charge is 2.11. The lowest BCUT2D eigenvalue weighted by Gasteiger charge is -2.27. The minimum absolute atomic E-state index is 0. The van der Waals surface area contributed by atoms with Gasteiger partial charge in [-0.3, -0.25) is 4.98 Å². The lowest BCUT2D eigenvalue weighted by atomic mass is 10.3. The molecule has 0 bridgehead atoms. The van der Waals surface area contributed by atoms with Crippen LogP contribution in [0.25, 0.3) is 0 Å². The number of nitrogens with two attached hydrogens (primary N) is 1. The minimum atomic E-state index is 0. The van der Waals surface area contributed by atoms with Crippen molar-refractivity contribution in [1.82, 2.24) is 9.88 Å². The molecule has 0 aliphatic carbocycles. The van der Waals surface area contributed by atoms with Crippen LogP contribution in [0.5, 0.6) is 5.75 Å². The van der Waals surface area contributed by atoms with Crippen molar-refractivity contribution in [3.05, 3.63) is 24.0 Å². The fraction of sp³-hybridized carbons (Fsp3) is 0.500. The number of morpholine rings is 1. The molecule has 2 N–H and O–H groups in total. The molecule has 1 aliphatic heterocycles. The Morgan fingerprint density at radius 3 is 2.79 bits per heavy atom. The Bertz CT molecular complexity index is 405. The fourth-order valence-electron chi connectivity index (χ4n) is 1.68. The van der Waals surface area contributed by atoms with Crippen molar-refractivity contribution in [2.75, 3.05) is 33.4 Å². The van der Waals surface area contributed by atoms with Gasteiger partial charge in [0, 0.05) is 13.1 Å². The van der Waals surface area contributed by atoms with Gasteiger partial charge in [0.05, 0.1) is 38.8 Å².